The van der Waals surface area contributed by atoms with Gasteiger partial charge in [-0.1, -0.05) is 13.8 Å². The second-order valence-electron chi connectivity index (χ2n) is 6.39. The summed E-state index contributed by atoms with van der Waals surface area (Å²) in [5.74, 6) is 1.39. The van der Waals surface area contributed by atoms with E-state index in [1.165, 1.54) is 19.4 Å². The third-order valence-electron chi connectivity index (χ3n) is 5.18. The van der Waals surface area contributed by atoms with Crippen LogP contribution in [0.2, 0.25) is 0 Å². The third kappa shape index (κ3) is 3.73. The molecule has 4 heteroatoms. The van der Waals surface area contributed by atoms with Crippen molar-refractivity contribution in [3.05, 3.63) is 0 Å². The average molecular weight is 281 g/mol. The maximum atomic E-state index is 12.5. The molecule has 0 aromatic heterocycles. The Morgan fingerprint density at radius 3 is 2.35 bits per heavy atom. The lowest BCUT2D eigenvalue weighted by molar-refractivity contribution is -0.137. The van der Waals surface area contributed by atoms with E-state index in [9.17, 15) is 4.79 Å². The van der Waals surface area contributed by atoms with Crippen LogP contribution >= 0.6 is 0 Å². The Bertz CT molecular complexity index is 309. The van der Waals surface area contributed by atoms with Crippen molar-refractivity contribution in [2.45, 2.75) is 46.1 Å². The van der Waals surface area contributed by atoms with E-state index in [1.807, 2.05) is 0 Å². The van der Waals surface area contributed by atoms with Crippen LogP contribution in [0.3, 0.4) is 0 Å². The molecule has 20 heavy (non-hydrogen) atoms. The molecule has 2 atom stereocenters. The van der Waals surface area contributed by atoms with Crippen LogP contribution in [0.25, 0.3) is 0 Å². The van der Waals surface area contributed by atoms with E-state index in [4.69, 9.17) is 0 Å². The number of piperidine rings is 1. The fraction of sp³-hybridized carbons (Fsp3) is 0.938. The van der Waals surface area contributed by atoms with Crippen molar-refractivity contribution >= 4 is 5.91 Å². The molecule has 2 saturated heterocycles. The van der Waals surface area contributed by atoms with Gasteiger partial charge in [-0.15, -0.1) is 0 Å². The Morgan fingerprint density at radius 2 is 1.85 bits per heavy atom. The molecule has 2 unspecified atom stereocenters. The molecular weight excluding hydrogens is 250 g/mol. The minimum Gasteiger partial charge on any atom is -0.342 e. The third-order valence-corrected chi connectivity index (χ3v) is 5.18. The van der Waals surface area contributed by atoms with Gasteiger partial charge in [0.15, 0.2) is 0 Å². The van der Waals surface area contributed by atoms with Crippen LogP contribution in [-0.2, 0) is 4.79 Å². The van der Waals surface area contributed by atoms with Gasteiger partial charge in [-0.05, 0) is 51.7 Å². The molecule has 2 aliphatic heterocycles. The van der Waals surface area contributed by atoms with Gasteiger partial charge in [0.2, 0.25) is 5.91 Å². The highest BCUT2D eigenvalue weighted by molar-refractivity contribution is 5.80. The number of hydrogen-bond acceptors (Lipinski definition) is 3. The van der Waals surface area contributed by atoms with Gasteiger partial charge in [0.25, 0.3) is 0 Å². The zero-order valence-corrected chi connectivity index (χ0v) is 13.4. The van der Waals surface area contributed by atoms with Crippen molar-refractivity contribution in [2.24, 2.45) is 11.8 Å². The van der Waals surface area contributed by atoms with Gasteiger partial charge in [-0.2, -0.15) is 0 Å². The zero-order valence-electron chi connectivity index (χ0n) is 13.4. The summed E-state index contributed by atoms with van der Waals surface area (Å²) in [5, 5.41) is 3.39. The van der Waals surface area contributed by atoms with Crippen LogP contribution in [-0.4, -0.2) is 61.0 Å². The quantitative estimate of drug-likeness (QED) is 0.831. The molecule has 0 spiro atoms. The van der Waals surface area contributed by atoms with Gasteiger partial charge in [-0.25, -0.2) is 0 Å². The topological polar surface area (TPSA) is 35.6 Å². The summed E-state index contributed by atoms with van der Waals surface area (Å²) in [4.78, 5) is 17.2. The Hall–Kier alpha value is -0.610. The lowest BCUT2D eigenvalue weighted by Gasteiger charge is -2.36. The van der Waals surface area contributed by atoms with E-state index >= 15 is 0 Å². The first-order valence-electron chi connectivity index (χ1n) is 8.40. The number of likely N-dealkylation sites (tertiary alicyclic amines) is 1. The number of carbonyl (C=O) groups excluding carboxylic acids is 1. The highest BCUT2D eigenvalue weighted by Gasteiger charge is 2.34. The second kappa shape index (κ2) is 7.41. The molecule has 2 aliphatic rings. The Balaban J connectivity index is 1.77. The first-order valence-corrected chi connectivity index (χ1v) is 8.40. The predicted octanol–water partition coefficient (Wildman–Crippen LogP) is 1.56. The van der Waals surface area contributed by atoms with Gasteiger partial charge in [0.1, 0.15) is 0 Å². The molecule has 1 amide bonds. The van der Waals surface area contributed by atoms with Crippen molar-refractivity contribution < 1.29 is 4.79 Å². The van der Waals surface area contributed by atoms with Crippen molar-refractivity contribution in [3.8, 4) is 0 Å². The summed E-state index contributed by atoms with van der Waals surface area (Å²) < 4.78 is 0. The van der Waals surface area contributed by atoms with E-state index in [-0.39, 0.29) is 5.92 Å². The number of rotatable bonds is 5. The Kier molecular flexibility index (Phi) is 5.85. The van der Waals surface area contributed by atoms with Crippen LogP contribution in [0.5, 0.6) is 0 Å². The number of hydrogen-bond donors (Lipinski definition) is 1. The summed E-state index contributed by atoms with van der Waals surface area (Å²) >= 11 is 0. The Morgan fingerprint density at radius 1 is 1.20 bits per heavy atom. The van der Waals surface area contributed by atoms with E-state index in [2.05, 4.69) is 35.9 Å². The van der Waals surface area contributed by atoms with Gasteiger partial charge in [-0.3, -0.25) is 4.79 Å². The van der Waals surface area contributed by atoms with E-state index in [1.54, 1.807) is 0 Å². The highest BCUT2D eigenvalue weighted by Crippen LogP contribution is 2.23. The summed E-state index contributed by atoms with van der Waals surface area (Å²) in [6.45, 7) is 13.0. The molecule has 2 rings (SSSR count). The smallest absolute Gasteiger partial charge is 0.227 e. The molecule has 1 N–H and O–H groups in total. The molecule has 0 aromatic rings. The van der Waals surface area contributed by atoms with Gasteiger partial charge >= 0.3 is 0 Å². The Labute approximate surface area is 123 Å². The molecule has 2 fully saturated rings. The van der Waals surface area contributed by atoms with Crippen LogP contribution in [0.4, 0.5) is 0 Å². The summed E-state index contributed by atoms with van der Waals surface area (Å²) in [5.41, 5.74) is 0. The maximum absolute atomic E-state index is 12.5. The van der Waals surface area contributed by atoms with Gasteiger partial charge in [0.05, 0.1) is 5.92 Å². The largest absolute Gasteiger partial charge is 0.342 e. The molecule has 0 aliphatic carbocycles. The van der Waals surface area contributed by atoms with E-state index < -0.39 is 0 Å². The monoisotopic (exact) mass is 281 g/mol. The molecule has 116 valence electrons. The lowest BCUT2D eigenvalue weighted by Crippen LogP contribution is -2.45. The minimum absolute atomic E-state index is 0.217. The number of amides is 1. The van der Waals surface area contributed by atoms with Gasteiger partial charge in [0, 0.05) is 25.7 Å². The van der Waals surface area contributed by atoms with Crippen molar-refractivity contribution in [3.63, 3.8) is 0 Å². The number of nitrogens with zero attached hydrogens (tertiary/aromatic N) is 2. The van der Waals surface area contributed by atoms with Crippen LogP contribution in [0, 0.1) is 11.8 Å². The fourth-order valence-corrected chi connectivity index (χ4v) is 3.61. The molecule has 0 radical (unpaired) electrons. The van der Waals surface area contributed by atoms with E-state index in [0.29, 0.717) is 11.9 Å². The van der Waals surface area contributed by atoms with Crippen LogP contribution in [0.1, 0.15) is 40.0 Å². The van der Waals surface area contributed by atoms with Crippen LogP contribution in [0.15, 0.2) is 0 Å². The predicted molar refractivity (Wildman–Crippen MR) is 82.7 cm³/mol. The summed E-state index contributed by atoms with van der Waals surface area (Å²) in [7, 11) is 0. The first kappa shape index (κ1) is 15.8. The lowest BCUT2D eigenvalue weighted by atomic mass is 9.93. The number of carbonyl (C=O) groups is 1. The van der Waals surface area contributed by atoms with Crippen molar-refractivity contribution in [1.82, 2.24) is 15.1 Å². The maximum Gasteiger partial charge on any atom is 0.227 e. The van der Waals surface area contributed by atoms with E-state index in [0.717, 1.165) is 45.1 Å². The normalized spacial score (nSPS) is 28.3. The molecule has 0 saturated carbocycles. The molecular formula is C16H31N3O. The van der Waals surface area contributed by atoms with Crippen molar-refractivity contribution in [1.29, 1.82) is 0 Å². The minimum atomic E-state index is 0.217. The molecule has 0 bridgehead atoms. The van der Waals surface area contributed by atoms with Crippen molar-refractivity contribution in [2.75, 3.05) is 39.3 Å². The second-order valence-corrected chi connectivity index (χ2v) is 6.39. The highest BCUT2D eigenvalue weighted by atomic mass is 16.2. The SMILES string of the molecule is CCN(CC)CC1CCN(C(=O)C2CCNC2C)CC1. The molecule has 2 heterocycles. The summed E-state index contributed by atoms with van der Waals surface area (Å²) in [6.07, 6.45) is 3.37. The zero-order chi connectivity index (χ0) is 14.5. The molecule has 4 nitrogen and oxygen atoms in total. The standard InChI is InChI=1S/C16H31N3O/c1-4-18(5-2)12-14-7-10-19(11-8-14)16(20)15-6-9-17-13(15)3/h13-15,17H,4-12H2,1-3H3. The summed E-state index contributed by atoms with van der Waals surface area (Å²) in [6, 6.07) is 0.357. The molecule has 0 aromatic carbocycles. The first-order chi connectivity index (χ1) is 9.65. The fourth-order valence-electron chi connectivity index (χ4n) is 3.61. The van der Waals surface area contributed by atoms with Crippen LogP contribution < -0.4 is 5.32 Å². The average Bonchev–Trinajstić information content (AvgIpc) is 2.91. The van der Waals surface area contributed by atoms with Gasteiger partial charge < -0.3 is 15.1 Å². The number of nitrogens with one attached hydrogen (secondary N) is 1.